The van der Waals surface area contributed by atoms with E-state index in [2.05, 4.69) is 4.98 Å². The fourth-order valence-corrected chi connectivity index (χ4v) is 2.86. The summed E-state index contributed by atoms with van der Waals surface area (Å²) in [6, 6.07) is 6.12. The summed E-state index contributed by atoms with van der Waals surface area (Å²) in [7, 11) is 0. The van der Waals surface area contributed by atoms with Gasteiger partial charge in [0, 0.05) is 22.5 Å². The van der Waals surface area contributed by atoms with Crippen molar-refractivity contribution in [1.29, 1.82) is 0 Å². The molecule has 0 atom stereocenters. The Balaban J connectivity index is 2.12. The van der Waals surface area contributed by atoms with Gasteiger partial charge in [0.2, 0.25) is 0 Å². The van der Waals surface area contributed by atoms with E-state index < -0.39 is 5.97 Å². The fraction of sp³-hybridized carbons (Fsp3) is 0.200. The van der Waals surface area contributed by atoms with Crippen molar-refractivity contribution in [1.82, 2.24) is 9.55 Å². The van der Waals surface area contributed by atoms with Gasteiger partial charge in [-0.15, -0.1) is 11.3 Å². The summed E-state index contributed by atoms with van der Waals surface area (Å²) < 4.78 is 20.3. The largest absolute Gasteiger partial charge is 0.461 e. The minimum absolute atomic E-state index is 0.298. The second-order valence-electron chi connectivity index (χ2n) is 4.47. The molecule has 0 bridgehead atoms. The number of carbonyl (C=O) groups excluding carboxylic acids is 1. The van der Waals surface area contributed by atoms with Crippen molar-refractivity contribution in [3.05, 3.63) is 52.4 Å². The van der Waals surface area contributed by atoms with Crippen LogP contribution in [0.1, 0.15) is 22.4 Å². The van der Waals surface area contributed by atoms with Gasteiger partial charge in [0.05, 0.1) is 13.2 Å². The summed E-state index contributed by atoms with van der Waals surface area (Å²) >= 11 is 1.51. The average Bonchev–Trinajstić information content (AvgIpc) is 3.07. The van der Waals surface area contributed by atoms with Gasteiger partial charge in [-0.3, -0.25) is 0 Å². The Bertz CT molecular complexity index is 780. The predicted molar refractivity (Wildman–Crippen MR) is 79.1 cm³/mol. The van der Waals surface area contributed by atoms with Crippen molar-refractivity contribution in [2.45, 2.75) is 13.5 Å². The molecule has 0 N–H and O–H groups in total. The van der Waals surface area contributed by atoms with E-state index in [9.17, 15) is 9.18 Å². The topological polar surface area (TPSA) is 44.1 Å². The Morgan fingerprint density at radius 3 is 3.00 bits per heavy atom. The van der Waals surface area contributed by atoms with Crippen molar-refractivity contribution in [2.75, 3.05) is 6.61 Å². The number of esters is 1. The summed E-state index contributed by atoms with van der Waals surface area (Å²) in [5.74, 6) is -0.741. The first-order chi connectivity index (χ1) is 10.2. The molecule has 2 heterocycles. The molecule has 0 saturated heterocycles. The standard InChI is InChI=1S/C15H13FN2O2S/c1-2-20-15(19)13-8-10-7-11(16)3-4-12(10)18(13)9-14-17-5-6-21-14/h3-8H,2,9H2,1H3. The lowest BCUT2D eigenvalue weighted by atomic mass is 10.2. The van der Waals surface area contributed by atoms with E-state index in [0.29, 0.717) is 24.2 Å². The molecule has 21 heavy (non-hydrogen) atoms. The summed E-state index contributed by atoms with van der Waals surface area (Å²) in [4.78, 5) is 16.3. The van der Waals surface area contributed by atoms with Crippen LogP contribution in [0, 0.1) is 5.82 Å². The SMILES string of the molecule is CCOC(=O)c1cc2cc(F)ccc2n1Cc1nccs1. The maximum atomic E-state index is 13.4. The summed E-state index contributed by atoms with van der Waals surface area (Å²) in [6.07, 6.45) is 1.72. The molecule has 6 heteroatoms. The van der Waals surface area contributed by atoms with Gasteiger partial charge in [0.15, 0.2) is 0 Å². The minimum atomic E-state index is -0.411. The smallest absolute Gasteiger partial charge is 0.354 e. The number of thiazole rings is 1. The van der Waals surface area contributed by atoms with Crippen molar-refractivity contribution >= 4 is 28.2 Å². The second kappa shape index (κ2) is 5.65. The van der Waals surface area contributed by atoms with Crippen LogP contribution in [0.15, 0.2) is 35.8 Å². The third kappa shape index (κ3) is 2.67. The Hall–Kier alpha value is -2.21. The summed E-state index contributed by atoms with van der Waals surface area (Å²) in [5, 5.41) is 3.43. The third-order valence-electron chi connectivity index (χ3n) is 3.12. The molecule has 0 amide bonds. The van der Waals surface area contributed by atoms with Crippen LogP contribution < -0.4 is 0 Å². The number of ether oxygens (including phenoxy) is 1. The van der Waals surface area contributed by atoms with E-state index in [1.165, 1.54) is 23.5 Å². The third-order valence-corrected chi connectivity index (χ3v) is 3.89. The molecule has 0 unspecified atom stereocenters. The monoisotopic (exact) mass is 304 g/mol. The number of aromatic nitrogens is 2. The Labute approximate surface area is 124 Å². The van der Waals surface area contributed by atoms with Crippen LogP contribution in [0.5, 0.6) is 0 Å². The molecular formula is C15H13FN2O2S. The van der Waals surface area contributed by atoms with Crippen molar-refractivity contribution in [3.8, 4) is 0 Å². The van der Waals surface area contributed by atoms with Crippen molar-refractivity contribution in [2.24, 2.45) is 0 Å². The van der Waals surface area contributed by atoms with Gasteiger partial charge in [-0.1, -0.05) is 0 Å². The zero-order chi connectivity index (χ0) is 14.8. The zero-order valence-electron chi connectivity index (χ0n) is 11.4. The number of rotatable bonds is 4. The number of fused-ring (bicyclic) bond motifs is 1. The molecule has 0 aliphatic heterocycles. The first-order valence-electron chi connectivity index (χ1n) is 6.53. The van der Waals surface area contributed by atoms with Gasteiger partial charge in [0.25, 0.3) is 0 Å². The molecule has 0 saturated carbocycles. The van der Waals surface area contributed by atoms with E-state index >= 15 is 0 Å². The molecule has 0 fully saturated rings. The minimum Gasteiger partial charge on any atom is -0.461 e. The molecule has 3 rings (SSSR count). The maximum Gasteiger partial charge on any atom is 0.354 e. The van der Waals surface area contributed by atoms with E-state index in [-0.39, 0.29) is 5.82 Å². The normalized spacial score (nSPS) is 11.0. The molecule has 108 valence electrons. The van der Waals surface area contributed by atoms with Crippen LogP contribution in [-0.4, -0.2) is 22.1 Å². The van der Waals surface area contributed by atoms with Gasteiger partial charge >= 0.3 is 5.97 Å². The zero-order valence-corrected chi connectivity index (χ0v) is 12.2. The Morgan fingerprint density at radius 2 is 2.29 bits per heavy atom. The van der Waals surface area contributed by atoms with Gasteiger partial charge in [0.1, 0.15) is 16.5 Å². The molecule has 4 nitrogen and oxygen atoms in total. The van der Waals surface area contributed by atoms with Gasteiger partial charge in [-0.2, -0.15) is 0 Å². The number of benzene rings is 1. The number of hydrogen-bond donors (Lipinski definition) is 0. The molecule has 0 aliphatic rings. The molecule has 2 aromatic heterocycles. The van der Waals surface area contributed by atoms with Crippen LogP contribution in [0.4, 0.5) is 4.39 Å². The maximum absolute atomic E-state index is 13.4. The van der Waals surface area contributed by atoms with Crippen LogP contribution in [0.3, 0.4) is 0 Å². The molecular weight excluding hydrogens is 291 g/mol. The highest BCUT2D eigenvalue weighted by Crippen LogP contribution is 2.23. The van der Waals surface area contributed by atoms with Gasteiger partial charge in [-0.25, -0.2) is 14.2 Å². The van der Waals surface area contributed by atoms with Crippen LogP contribution in [0.2, 0.25) is 0 Å². The van der Waals surface area contributed by atoms with Crippen molar-refractivity contribution in [3.63, 3.8) is 0 Å². The Kier molecular flexibility index (Phi) is 3.70. The number of nitrogens with zero attached hydrogens (tertiary/aromatic N) is 2. The highest BCUT2D eigenvalue weighted by atomic mass is 32.1. The predicted octanol–water partition coefficient (Wildman–Crippen LogP) is 3.46. The number of halogens is 1. The van der Waals surface area contributed by atoms with E-state index in [1.807, 2.05) is 9.95 Å². The van der Waals surface area contributed by atoms with E-state index in [4.69, 9.17) is 4.74 Å². The van der Waals surface area contributed by atoms with Crippen LogP contribution in [-0.2, 0) is 11.3 Å². The first kappa shape index (κ1) is 13.8. The lowest BCUT2D eigenvalue weighted by Gasteiger charge is -2.08. The highest BCUT2D eigenvalue weighted by Gasteiger charge is 2.17. The summed E-state index contributed by atoms with van der Waals surface area (Å²) in [5.41, 5.74) is 1.20. The fourth-order valence-electron chi connectivity index (χ4n) is 2.25. The lowest BCUT2D eigenvalue weighted by Crippen LogP contribution is -2.12. The Morgan fingerprint density at radius 1 is 1.43 bits per heavy atom. The average molecular weight is 304 g/mol. The molecule has 0 aliphatic carbocycles. The quantitative estimate of drug-likeness (QED) is 0.693. The van der Waals surface area contributed by atoms with E-state index in [0.717, 1.165) is 10.5 Å². The molecule has 0 spiro atoms. The second-order valence-corrected chi connectivity index (χ2v) is 5.44. The first-order valence-corrected chi connectivity index (χ1v) is 7.41. The van der Waals surface area contributed by atoms with Gasteiger partial charge in [-0.05, 0) is 31.2 Å². The van der Waals surface area contributed by atoms with Crippen LogP contribution in [0.25, 0.3) is 10.9 Å². The number of carbonyl (C=O) groups is 1. The summed E-state index contributed by atoms with van der Waals surface area (Å²) in [6.45, 7) is 2.51. The number of hydrogen-bond acceptors (Lipinski definition) is 4. The van der Waals surface area contributed by atoms with Crippen molar-refractivity contribution < 1.29 is 13.9 Å². The van der Waals surface area contributed by atoms with Gasteiger partial charge < -0.3 is 9.30 Å². The van der Waals surface area contributed by atoms with E-state index in [1.54, 1.807) is 25.3 Å². The molecule has 1 aromatic carbocycles. The molecule has 0 radical (unpaired) electrons. The lowest BCUT2D eigenvalue weighted by molar-refractivity contribution is 0.0515. The van der Waals surface area contributed by atoms with Crippen LogP contribution >= 0.6 is 11.3 Å². The highest BCUT2D eigenvalue weighted by molar-refractivity contribution is 7.09. The molecule has 3 aromatic rings.